The van der Waals surface area contributed by atoms with Gasteiger partial charge in [-0.2, -0.15) is 0 Å². The third kappa shape index (κ3) is 10.6. The van der Waals surface area contributed by atoms with Crippen LogP contribution in [0.25, 0.3) is 0 Å². The Morgan fingerprint density at radius 3 is 2.40 bits per heavy atom. The van der Waals surface area contributed by atoms with E-state index in [9.17, 15) is 9.59 Å². The van der Waals surface area contributed by atoms with Gasteiger partial charge in [-0.1, -0.05) is 0 Å². The van der Waals surface area contributed by atoms with Gasteiger partial charge in [0.2, 0.25) is 0 Å². The third-order valence-corrected chi connectivity index (χ3v) is 1.52. The van der Waals surface area contributed by atoms with Crippen molar-refractivity contribution in [1.29, 1.82) is 0 Å². The number of hydrogen-bond donors (Lipinski definition) is 3. The summed E-state index contributed by atoms with van der Waals surface area (Å²) in [4.78, 5) is 20.1. The van der Waals surface area contributed by atoms with E-state index in [1.54, 1.807) is 0 Å². The Morgan fingerprint density at radius 2 is 1.87 bits per heavy atom. The molecule has 0 saturated heterocycles. The molecule has 7 nitrogen and oxygen atoms in total. The summed E-state index contributed by atoms with van der Waals surface area (Å²) < 4.78 is 9.15. The molecule has 0 rings (SSSR count). The van der Waals surface area contributed by atoms with E-state index in [2.05, 4.69) is 4.74 Å². The number of hydrogen-bond acceptors (Lipinski definition) is 5. The summed E-state index contributed by atoms with van der Waals surface area (Å²) in [5.41, 5.74) is 5.45. The van der Waals surface area contributed by atoms with Crippen molar-refractivity contribution in [1.82, 2.24) is 0 Å². The van der Waals surface area contributed by atoms with Gasteiger partial charge in [-0.05, 0) is 6.42 Å². The smallest absolute Gasteiger partial charge is 0.481 e. The van der Waals surface area contributed by atoms with E-state index in [4.69, 9.17) is 20.7 Å². The molecule has 0 fully saturated rings. The van der Waals surface area contributed by atoms with Crippen LogP contribution in [0.5, 0.6) is 0 Å². The minimum absolute atomic E-state index is 0.0382. The minimum Gasteiger partial charge on any atom is -0.481 e. The molecule has 0 saturated carbocycles. The van der Waals surface area contributed by atoms with Crippen molar-refractivity contribution in [2.45, 2.75) is 18.9 Å². The molecule has 1 atom stereocenters. The summed E-state index contributed by atoms with van der Waals surface area (Å²) in [5.74, 6) is -0.947. The fraction of sp³-hybridized carbons (Fsp3) is 0.750. The molecule has 0 heterocycles. The van der Waals surface area contributed by atoms with Gasteiger partial charge in [0.05, 0.1) is 13.0 Å². The molecule has 0 aliphatic rings. The van der Waals surface area contributed by atoms with Crippen LogP contribution in [0.1, 0.15) is 12.8 Å². The molecule has 0 amide bonds. The first kappa shape index (κ1) is 13.7. The zero-order valence-electron chi connectivity index (χ0n) is 8.22. The fourth-order valence-corrected chi connectivity index (χ4v) is 0.851. The van der Waals surface area contributed by atoms with Gasteiger partial charge in [0.15, 0.2) is 0 Å². The summed E-state index contributed by atoms with van der Waals surface area (Å²) in [6, 6.07) is -0.442. The Morgan fingerprint density at radius 1 is 1.20 bits per heavy atom. The SMILES string of the molecule is NC(CCOCCOC(=O)O)CC(=O)O. The van der Waals surface area contributed by atoms with Crippen molar-refractivity contribution in [2.24, 2.45) is 5.73 Å². The second-order valence-electron chi connectivity index (χ2n) is 2.87. The van der Waals surface area contributed by atoms with E-state index in [0.717, 1.165) is 0 Å². The van der Waals surface area contributed by atoms with Crippen molar-refractivity contribution in [3.05, 3.63) is 0 Å². The van der Waals surface area contributed by atoms with Gasteiger partial charge in [0.25, 0.3) is 0 Å². The molecule has 0 aromatic rings. The highest BCUT2D eigenvalue weighted by Crippen LogP contribution is 1.95. The van der Waals surface area contributed by atoms with Crippen LogP contribution in [0.4, 0.5) is 4.79 Å². The summed E-state index contributed by atoms with van der Waals surface area (Å²) in [6.45, 7) is 0.396. The van der Waals surface area contributed by atoms with Gasteiger partial charge in [-0.25, -0.2) is 4.79 Å². The number of carbonyl (C=O) groups is 2. The summed E-state index contributed by atoms with van der Waals surface area (Å²) in [5, 5.41) is 16.5. The van der Waals surface area contributed by atoms with Crippen LogP contribution in [-0.2, 0) is 14.3 Å². The van der Waals surface area contributed by atoms with E-state index >= 15 is 0 Å². The Hall–Kier alpha value is -1.34. The molecular weight excluding hydrogens is 206 g/mol. The first-order valence-electron chi connectivity index (χ1n) is 4.43. The highest BCUT2D eigenvalue weighted by molar-refractivity contribution is 5.67. The van der Waals surface area contributed by atoms with Crippen molar-refractivity contribution in [3.8, 4) is 0 Å². The average Bonchev–Trinajstić information content (AvgIpc) is 2.09. The van der Waals surface area contributed by atoms with E-state index < -0.39 is 18.2 Å². The molecule has 0 aliphatic carbocycles. The number of carboxylic acids is 1. The third-order valence-electron chi connectivity index (χ3n) is 1.52. The zero-order chi connectivity index (χ0) is 11.7. The first-order chi connectivity index (χ1) is 7.02. The second kappa shape index (κ2) is 8.01. The maximum absolute atomic E-state index is 10.2. The Bertz CT molecular complexity index is 207. The number of carboxylic acid groups (broad SMARTS) is 2. The molecule has 0 aliphatic heterocycles. The van der Waals surface area contributed by atoms with Gasteiger partial charge in [-0.15, -0.1) is 0 Å². The molecule has 4 N–H and O–H groups in total. The van der Waals surface area contributed by atoms with Gasteiger partial charge in [0, 0.05) is 12.6 Å². The maximum Gasteiger partial charge on any atom is 0.505 e. The largest absolute Gasteiger partial charge is 0.505 e. The number of nitrogens with two attached hydrogens (primary N) is 1. The van der Waals surface area contributed by atoms with Crippen LogP contribution in [0.15, 0.2) is 0 Å². The van der Waals surface area contributed by atoms with Gasteiger partial charge in [0.1, 0.15) is 6.61 Å². The van der Waals surface area contributed by atoms with Gasteiger partial charge >= 0.3 is 12.1 Å². The quantitative estimate of drug-likeness (QED) is 0.386. The molecule has 88 valence electrons. The molecule has 0 aromatic heterocycles. The predicted molar refractivity (Wildman–Crippen MR) is 49.6 cm³/mol. The maximum atomic E-state index is 10.2. The van der Waals surface area contributed by atoms with E-state index in [1.807, 2.05) is 0 Å². The topological polar surface area (TPSA) is 119 Å². The highest BCUT2D eigenvalue weighted by atomic mass is 16.7. The molecular formula is C8H15NO6. The Balaban J connectivity index is 3.23. The zero-order valence-corrected chi connectivity index (χ0v) is 8.22. The van der Waals surface area contributed by atoms with E-state index in [1.165, 1.54) is 0 Å². The predicted octanol–water partition coefficient (Wildman–Crippen LogP) is -0.110. The lowest BCUT2D eigenvalue weighted by atomic mass is 10.2. The lowest BCUT2D eigenvalue weighted by molar-refractivity contribution is -0.137. The monoisotopic (exact) mass is 221 g/mol. The molecule has 1 unspecified atom stereocenters. The molecule has 7 heteroatoms. The summed E-state index contributed by atoms with van der Waals surface area (Å²) >= 11 is 0. The van der Waals surface area contributed by atoms with Crippen LogP contribution < -0.4 is 5.73 Å². The lowest BCUT2D eigenvalue weighted by Crippen LogP contribution is -2.25. The Labute approximate surface area is 86.8 Å². The van der Waals surface area contributed by atoms with Crippen LogP contribution in [0, 0.1) is 0 Å². The van der Waals surface area contributed by atoms with Crippen molar-refractivity contribution >= 4 is 12.1 Å². The van der Waals surface area contributed by atoms with Gasteiger partial charge < -0.3 is 25.4 Å². The van der Waals surface area contributed by atoms with Crippen LogP contribution in [0.3, 0.4) is 0 Å². The average molecular weight is 221 g/mol. The van der Waals surface area contributed by atoms with Crippen molar-refractivity contribution in [3.63, 3.8) is 0 Å². The summed E-state index contributed by atoms with van der Waals surface area (Å²) in [6.07, 6.45) is -1.03. The lowest BCUT2D eigenvalue weighted by Gasteiger charge is -2.08. The van der Waals surface area contributed by atoms with Crippen LogP contribution in [-0.4, -0.2) is 48.2 Å². The number of rotatable bonds is 8. The second-order valence-corrected chi connectivity index (χ2v) is 2.87. The molecule has 15 heavy (non-hydrogen) atoms. The Kier molecular flexibility index (Phi) is 7.29. The highest BCUT2D eigenvalue weighted by Gasteiger charge is 2.07. The number of aliphatic carboxylic acids is 1. The molecule has 0 spiro atoms. The fourth-order valence-electron chi connectivity index (χ4n) is 0.851. The minimum atomic E-state index is -1.35. The normalized spacial score (nSPS) is 12.1. The van der Waals surface area contributed by atoms with Gasteiger partial charge in [-0.3, -0.25) is 4.79 Å². The molecule has 0 radical (unpaired) electrons. The van der Waals surface area contributed by atoms with Crippen LogP contribution >= 0.6 is 0 Å². The van der Waals surface area contributed by atoms with Crippen molar-refractivity contribution in [2.75, 3.05) is 19.8 Å². The molecule has 0 aromatic carbocycles. The van der Waals surface area contributed by atoms with E-state index in [-0.39, 0.29) is 26.2 Å². The standard InChI is InChI=1S/C8H15NO6/c9-6(5-7(10)11)1-2-14-3-4-15-8(12)13/h6H,1-5,9H2,(H,10,11)(H,12,13). The number of ether oxygens (including phenoxy) is 2. The van der Waals surface area contributed by atoms with E-state index in [0.29, 0.717) is 6.42 Å². The first-order valence-corrected chi connectivity index (χ1v) is 4.43. The summed E-state index contributed by atoms with van der Waals surface area (Å²) in [7, 11) is 0. The molecule has 0 bridgehead atoms. The van der Waals surface area contributed by atoms with Crippen molar-refractivity contribution < 1.29 is 29.3 Å². The van der Waals surface area contributed by atoms with Crippen LogP contribution in [0.2, 0.25) is 0 Å².